The molecule has 0 aliphatic heterocycles. The Morgan fingerprint density at radius 2 is 1.87 bits per heavy atom. The summed E-state index contributed by atoms with van der Waals surface area (Å²) in [6.07, 6.45) is 4.77. The molecule has 0 radical (unpaired) electrons. The Hall–Kier alpha value is -0.840. The Balaban J connectivity index is 2.04. The fraction of sp³-hybridized carbons (Fsp3) is 0.550. The molecule has 1 atom stereocenters. The largest absolute Gasteiger partial charge is 0.237 e. The van der Waals surface area contributed by atoms with Crippen LogP contribution in [0.25, 0.3) is 5.69 Å². The Morgan fingerprint density at radius 3 is 2.48 bits per heavy atom. The summed E-state index contributed by atoms with van der Waals surface area (Å²) >= 11 is 2.36. The van der Waals surface area contributed by atoms with Crippen molar-refractivity contribution in [1.29, 1.82) is 0 Å². The van der Waals surface area contributed by atoms with Crippen molar-refractivity contribution in [3.05, 3.63) is 44.8 Å². The topological polar surface area (TPSA) is 17.8 Å². The summed E-state index contributed by atoms with van der Waals surface area (Å²) in [6, 6.07) is 8.75. The van der Waals surface area contributed by atoms with Crippen LogP contribution in [-0.2, 0) is 19.3 Å². The summed E-state index contributed by atoms with van der Waals surface area (Å²) in [5.41, 5.74) is 5.54. The number of halogens is 1. The minimum absolute atomic E-state index is 0.655. The first-order chi connectivity index (χ1) is 11.0. The van der Waals surface area contributed by atoms with E-state index in [0.29, 0.717) is 5.92 Å². The summed E-state index contributed by atoms with van der Waals surface area (Å²) in [5, 5.41) is 5.04. The molecule has 0 bridgehead atoms. The van der Waals surface area contributed by atoms with Gasteiger partial charge in [-0.25, -0.2) is 4.68 Å². The molecule has 3 rings (SSSR count). The number of hydrogen-bond donors (Lipinski definition) is 0. The van der Waals surface area contributed by atoms with E-state index in [9.17, 15) is 0 Å². The quantitative estimate of drug-likeness (QED) is 0.601. The molecule has 1 aliphatic carbocycles. The van der Waals surface area contributed by atoms with Gasteiger partial charge in [0.2, 0.25) is 0 Å². The number of fused-ring (bicyclic) bond motifs is 1. The van der Waals surface area contributed by atoms with E-state index in [1.54, 1.807) is 0 Å². The van der Waals surface area contributed by atoms with Gasteiger partial charge in [-0.05, 0) is 95.9 Å². The highest BCUT2D eigenvalue weighted by atomic mass is 127. The van der Waals surface area contributed by atoms with E-state index in [4.69, 9.17) is 5.10 Å². The lowest BCUT2D eigenvalue weighted by Crippen LogP contribution is -2.21. The molecule has 124 valence electrons. The van der Waals surface area contributed by atoms with E-state index in [1.165, 1.54) is 45.5 Å². The van der Waals surface area contributed by atoms with Gasteiger partial charge < -0.3 is 0 Å². The first-order valence-corrected chi connectivity index (χ1v) is 9.89. The zero-order valence-electron chi connectivity index (χ0n) is 14.6. The third-order valence-electron chi connectivity index (χ3n) is 5.01. The van der Waals surface area contributed by atoms with Crippen LogP contribution in [0.15, 0.2) is 24.3 Å². The molecular formula is C20H27IN2. The summed E-state index contributed by atoms with van der Waals surface area (Å²) in [5.74, 6) is 2.19. The van der Waals surface area contributed by atoms with Gasteiger partial charge in [-0.1, -0.05) is 27.7 Å². The Morgan fingerprint density at radius 1 is 1.17 bits per heavy atom. The zero-order valence-corrected chi connectivity index (χ0v) is 16.8. The van der Waals surface area contributed by atoms with Crippen LogP contribution in [0.3, 0.4) is 0 Å². The highest BCUT2D eigenvalue weighted by molar-refractivity contribution is 14.1. The first kappa shape index (κ1) is 17.0. The van der Waals surface area contributed by atoms with Crippen LogP contribution in [0.4, 0.5) is 0 Å². The van der Waals surface area contributed by atoms with Crippen LogP contribution >= 0.6 is 22.6 Å². The van der Waals surface area contributed by atoms with Crippen molar-refractivity contribution >= 4 is 22.6 Å². The molecular weight excluding hydrogens is 395 g/mol. The van der Waals surface area contributed by atoms with Crippen LogP contribution in [-0.4, -0.2) is 9.78 Å². The first-order valence-electron chi connectivity index (χ1n) is 8.81. The standard InChI is InChI=1S/C20H27IN2/c1-13(2)11-19-18-10-5-15(14(3)4)12-20(18)23(22-19)17-8-6-16(21)7-9-17/h6-9,13-15H,5,10-12H2,1-4H3. The molecule has 0 saturated carbocycles. The van der Waals surface area contributed by atoms with Crippen LogP contribution < -0.4 is 0 Å². The van der Waals surface area contributed by atoms with Crippen molar-refractivity contribution in [1.82, 2.24) is 9.78 Å². The molecule has 1 heterocycles. The summed E-state index contributed by atoms with van der Waals surface area (Å²) < 4.78 is 3.51. The number of hydrogen-bond acceptors (Lipinski definition) is 1. The average molecular weight is 422 g/mol. The van der Waals surface area contributed by atoms with Crippen molar-refractivity contribution < 1.29 is 0 Å². The summed E-state index contributed by atoms with van der Waals surface area (Å²) in [7, 11) is 0. The van der Waals surface area contributed by atoms with Crippen LogP contribution in [0.5, 0.6) is 0 Å². The molecule has 1 unspecified atom stereocenters. The van der Waals surface area contributed by atoms with Crippen molar-refractivity contribution in [3.8, 4) is 5.69 Å². The molecule has 3 heteroatoms. The molecule has 0 N–H and O–H groups in total. The monoisotopic (exact) mass is 422 g/mol. The maximum Gasteiger partial charge on any atom is 0.0666 e. The van der Waals surface area contributed by atoms with E-state index in [0.717, 1.165) is 18.3 Å². The Labute approximate surface area is 153 Å². The van der Waals surface area contributed by atoms with Crippen molar-refractivity contribution in [2.24, 2.45) is 17.8 Å². The lowest BCUT2D eigenvalue weighted by atomic mass is 9.80. The molecule has 0 fully saturated rings. The Kier molecular flexibility index (Phi) is 5.14. The molecule has 2 nitrogen and oxygen atoms in total. The van der Waals surface area contributed by atoms with E-state index < -0.39 is 0 Å². The SMILES string of the molecule is CC(C)Cc1nn(-c2ccc(I)cc2)c2c1CCC(C(C)C)C2. The van der Waals surface area contributed by atoms with Crippen molar-refractivity contribution in [2.75, 3.05) is 0 Å². The maximum absolute atomic E-state index is 5.04. The lowest BCUT2D eigenvalue weighted by molar-refractivity contribution is 0.337. The third kappa shape index (κ3) is 3.65. The van der Waals surface area contributed by atoms with E-state index in [1.807, 2.05) is 0 Å². The van der Waals surface area contributed by atoms with Gasteiger partial charge in [0.05, 0.1) is 11.4 Å². The van der Waals surface area contributed by atoms with Gasteiger partial charge in [-0.3, -0.25) is 0 Å². The van der Waals surface area contributed by atoms with Crippen molar-refractivity contribution in [3.63, 3.8) is 0 Å². The number of benzene rings is 1. The molecule has 0 spiro atoms. The molecule has 2 aromatic rings. The predicted molar refractivity (Wildman–Crippen MR) is 105 cm³/mol. The van der Waals surface area contributed by atoms with Gasteiger partial charge in [0, 0.05) is 9.26 Å². The van der Waals surface area contributed by atoms with Crippen LogP contribution in [0.2, 0.25) is 0 Å². The number of rotatable bonds is 4. The van der Waals surface area contributed by atoms with Gasteiger partial charge in [0.1, 0.15) is 0 Å². The van der Waals surface area contributed by atoms with Gasteiger partial charge >= 0.3 is 0 Å². The zero-order chi connectivity index (χ0) is 16.6. The minimum atomic E-state index is 0.655. The number of nitrogens with zero attached hydrogens (tertiary/aromatic N) is 2. The number of aromatic nitrogens is 2. The smallest absolute Gasteiger partial charge is 0.0666 e. The van der Waals surface area contributed by atoms with Crippen LogP contribution in [0.1, 0.15) is 51.1 Å². The minimum Gasteiger partial charge on any atom is -0.237 e. The highest BCUT2D eigenvalue weighted by Crippen LogP contribution is 2.34. The molecule has 23 heavy (non-hydrogen) atoms. The molecule has 0 amide bonds. The normalized spacial score (nSPS) is 17.8. The fourth-order valence-corrected chi connectivity index (χ4v) is 3.99. The predicted octanol–water partition coefficient (Wildman–Crippen LogP) is 5.44. The van der Waals surface area contributed by atoms with E-state index in [-0.39, 0.29) is 0 Å². The van der Waals surface area contributed by atoms with Crippen LogP contribution in [0, 0.1) is 21.3 Å². The van der Waals surface area contributed by atoms with Crippen molar-refractivity contribution in [2.45, 2.75) is 53.4 Å². The van der Waals surface area contributed by atoms with Gasteiger partial charge in [0.25, 0.3) is 0 Å². The van der Waals surface area contributed by atoms with Gasteiger partial charge in [-0.15, -0.1) is 0 Å². The second-order valence-corrected chi connectivity index (χ2v) is 8.85. The second kappa shape index (κ2) is 6.96. The van der Waals surface area contributed by atoms with Gasteiger partial charge in [0.15, 0.2) is 0 Å². The Bertz CT molecular complexity index is 668. The van der Waals surface area contributed by atoms with E-state index >= 15 is 0 Å². The molecule has 1 aromatic heterocycles. The lowest BCUT2D eigenvalue weighted by Gasteiger charge is -2.26. The maximum atomic E-state index is 5.04. The fourth-order valence-electron chi connectivity index (χ4n) is 3.63. The second-order valence-electron chi connectivity index (χ2n) is 7.61. The van der Waals surface area contributed by atoms with E-state index in [2.05, 4.69) is 79.2 Å². The molecule has 1 aliphatic rings. The summed E-state index contributed by atoms with van der Waals surface area (Å²) in [4.78, 5) is 0. The molecule has 0 saturated heterocycles. The van der Waals surface area contributed by atoms with Gasteiger partial charge in [-0.2, -0.15) is 5.10 Å². The average Bonchev–Trinajstić information content (AvgIpc) is 2.85. The molecule has 1 aromatic carbocycles. The summed E-state index contributed by atoms with van der Waals surface area (Å²) in [6.45, 7) is 9.29. The highest BCUT2D eigenvalue weighted by Gasteiger charge is 2.28. The third-order valence-corrected chi connectivity index (χ3v) is 5.73.